The molecule has 7 heteroatoms. The Morgan fingerprint density at radius 2 is 1.96 bits per heavy atom. The van der Waals surface area contributed by atoms with Crippen LogP contribution >= 0.6 is 0 Å². The number of hydrogen-bond donors (Lipinski definition) is 0. The van der Waals surface area contributed by atoms with Crippen LogP contribution in [0.15, 0.2) is 30.6 Å². The summed E-state index contributed by atoms with van der Waals surface area (Å²) in [5.41, 5.74) is 3.24. The van der Waals surface area contributed by atoms with E-state index < -0.39 is 0 Å². The summed E-state index contributed by atoms with van der Waals surface area (Å²) in [5, 5.41) is 7.31. The number of carbonyl (C=O) groups is 2. The smallest absolute Gasteiger partial charge is 0.266 e. The van der Waals surface area contributed by atoms with Crippen molar-refractivity contribution < 1.29 is 9.59 Å². The largest absolute Gasteiger partial charge is 0.273 e. The zero-order valence-electron chi connectivity index (χ0n) is 14.6. The Morgan fingerprint density at radius 3 is 2.64 bits per heavy atom. The zero-order chi connectivity index (χ0) is 18.0. The van der Waals surface area contributed by atoms with E-state index in [-0.39, 0.29) is 11.8 Å². The van der Waals surface area contributed by atoms with Gasteiger partial charge in [-0.2, -0.15) is 0 Å². The van der Waals surface area contributed by atoms with Gasteiger partial charge in [-0.3, -0.25) is 14.6 Å². The van der Waals surface area contributed by atoms with Crippen LogP contribution in [0.1, 0.15) is 24.5 Å². The van der Waals surface area contributed by atoms with Gasteiger partial charge in [-0.15, -0.1) is 5.10 Å². The summed E-state index contributed by atoms with van der Waals surface area (Å²) in [6.07, 6.45) is 4.89. The highest BCUT2D eigenvalue weighted by atomic mass is 16.2. The first-order valence-corrected chi connectivity index (χ1v) is 8.27. The second kappa shape index (κ2) is 6.88. The summed E-state index contributed by atoms with van der Waals surface area (Å²) >= 11 is 0. The van der Waals surface area contributed by atoms with E-state index >= 15 is 0 Å². The summed E-state index contributed by atoms with van der Waals surface area (Å²) in [6, 6.07) is 6.14. The minimum absolute atomic E-state index is 0.0258. The lowest BCUT2D eigenvalue weighted by molar-refractivity contribution is -0.150. The minimum Gasteiger partial charge on any atom is -0.273 e. The third-order valence-corrected chi connectivity index (χ3v) is 4.03. The Bertz CT molecular complexity index is 819. The molecule has 1 aliphatic heterocycles. The van der Waals surface area contributed by atoms with Crippen LogP contribution in [0.5, 0.6) is 0 Å². The molecule has 0 radical (unpaired) electrons. The van der Waals surface area contributed by atoms with Crippen molar-refractivity contribution in [3.63, 3.8) is 0 Å². The van der Waals surface area contributed by atoms with Crippen LogP contribution in [0.4, 0.5) is 0 Å². The highest BCUT2D eigenvalue weighted by Crippen LogP contribution is 2.18. The average Bonchev–Trinajstić information content (AvgIpc) is 3.18. The molecule has 3 rings (SSSR count). The number of amides is 2. The topological polar surface area (TPSA) is 71.3 Å². The third-order valence-electron chi connectivity index (χ3n) is 4.03. The van der Waals surface area contributed by atoms with Gasteiger partial charge in [-0.05, 0) is 32.9 Å². The molecule has 130 valence electrons. The molecule has 1 aromatic heterocycles. The highest BCUT2D eigenvalue weighted by molar-refractivity contribution is 5.93. The molecule has 2 heterocycles. The molecule has 1 aliphatic rings. The van der Waals surface area contributed by atoms with Crippen LogP contribution in [-0.4, -0.2) is 49.7 Å². The molecule has 2 amide bonds. The van der Waals surface area contributed by atoms with E-state index in [1.54, 1.807) is 12.5 Å². The fraction of sp³-hybridized carbons (Fsp3) is 0.333. The lowest BCUT2D eigenvalue weighted by Gasteiger charge is -2.25. The van der Waals surface area contributed by atoms with E-state index in [1.807, 2.05) is 32.9 Å². The molecule has 1 aromatic carbocycles. The summed E-state index contributed by atoms with van der Waals surface area (Å²) in [7, 11) is 0. The predicted molar refractivity (Wildman–Crippen MR) is 94.0 cm³/mol. The first kappa shape index (κ1) is 16.9. The Kier molecular flexibility index (Phi) is 4.65. The van der Waals surface area contributed by atoms with Gasteiger partial charge in [0, 0.05) is 30.8 Å². The second-order valence-corrected chi connectivity index (χ2v) is 6.06. The first-order valence-electron chi connectivity index (χ1n) is 8.27. The van der Waals surface area contributed by atoms with Gasteiger partial charge in [-0.1, -0.05) is 17.2 Å². The van der Waals surface area contributed by atoms with Gasteiger partial charge in [0.2, 0.25) is 5.91 Å². The van der Waals surface area contributed by atoms with Crippen molar-refractivity contribution in [2.45, 2.75) is 27.2 Å². The fourth-order valence-corrected chi connectivity index (χ4v) is 2.97. The van der Waals surface area contributed by atoms with Crippen LogP contribution in [-0.2, 0) is 9.59 Å². The Labute approximate surface area is 146 Å². The molecule has 0 atom stereocenters. The number of rotatable bonds is 4. The molecule has 0 bridgehead atoms. The SMILES string of the molecule is CCN1C(=O)CCN1C(=O)/C=C\n1cnc(-c2cc(C)cc(C)c2)n1. The molecule has 25 heavy (non-hydrogen) atoms. The normalized spacial score (nSPS) is 14.8. The van der Waals surface area contributed by atoms with Gasteiger partial charge in [-0.25, -0.2) is 14.7 Å². The van der Waals surface area contributed by atoms with Crippen molar-refractivity contribution in [2.75, 3.05) is 13.1 Å². The maximum Gasteiger partial charge on any atom is 0.266 e. The molecule has 0 saturated carbocycles. The number of aryl methyl sites for hydroxylation is 2. The number of carbonyl (C=O) groups excluding carboxylic acids is 2. The maximum absolute atomic E-state index is 12.3. The molecule has 0 N–H and O–H groups in total. The average molecular weight is 339 g/mol. The van der Waals surface area contributed by atoms with Crippen LogP contribution in [0, 0.1) is 13.8 Å². The molecular formula is C18H21N5O2. The monoisotopic (exact) mass is 339 g/mol. The van der Waals surface area contributed by atoms with E-state index in [0.717, 1.165) is 16.7 Å². The molecule has 0 aliphatic carbocycles. The molecule has 1 fully saturated rings. The molecular weight excluding hydrogens is 318 g/mol. The number of aromatic nitrogens is 3. The van der Waals surface area contributed by atoms with E-state index in [2.05, 4.69) is 16.1 Å². The lowest BCUT2D eigenvalue weighted by atomic mass is 10.1. The summed E-state index contributed by atoms with van der Waals surface area (Å²) in [5.74, 6) is 0.341. The first-order chi connectivity index (χ1) is 12.0. The Hall–Kier alpha value is -2.96. The minimum atomic E-state index is -0.240. The summed E-state index contributed by atoms with van der Waals surface area (Å²) < 4.78 is 1.50. The quantitative estimate of drug-likeness (QED) is 0.799. The van der Waals surface area contributed by atoms with E-state index in [0.29, 0.717) is 25.3 Å². The van der Waals surface area contributed by atoms with Crippen LogP contribution in [0.2, 0.25) is 0 Å². The number of benzene rings is 1. The molecule has 1 saturated heterocycles. The summed E-state index contributed by atoms with van der Waals surface area (Å²) in [6.45, 7) is 6.81. The van der Waals surface area contributed by atoms with Crippen molar-refractivity contribution >= 4 is 18.0 Å². The van der Waals surface area contributed by atoms with Crippen molar-refractivity contribution in [1.29, 1.82) is 0 Å². The van der Waals surface area contributed by atoms with E-state index in [9.17, 15) is 9.59 Å². The van der Waals surface area contributed by atoms with Crippen molar-refractivity contribution in [3.05, 3.63) is 41.7 Å². The van der Waals surface area contributed by atoms with Gasteiger partial charge in [0.15, 0.2) is 5.82 Å². The van der Waals surface area contributed by atoms with Gasteiger partial charge in [0.25, 0.3) is 5.91 Å². The maximum atomic E-state index is 12.3. The van der Waals surface area contributed by atoms with Gasteiger partial charge in [0.1, 0.15) is 6.33 Å². The predicted octanol–water partition coefficient (Wildman–Crippen LogP) is 2.03. The van der Waals surface area contributed by atoms with Gasteiger partial charge in [0.05, 0.1) is 6.54 Å². The number of hydrogen-bond acceptors (Lipinski definition) is 4. The number of nitrogens with zero attached hydrogens (tertiary/aromatic N) is 5. The van der Waals surface area contributed by atoms with Gasteiger partial charge < -0.3 is 0 Å². The fourth-order valence-electron chi connectivity index (χ4n) is 2.97. The Morgan fingerprint density at radius 1 is 1.24 bits per heavy atom. The molecule has 0 unspecified atom stereocenters. The summed E-state index contributed by atoms with van der Waals surface area (Å²) in [4.78, 5) is 28.3. The standard InChI is InChI=1S/C18H21N5O2/c1-4-22-16(24)6-8-23(22)17(25)5-7-21-12-19-18(20-21)15-10-13(2)9-14(3)11-15/h5,7,9-12H,4,6,8H2,1-3H3/b7-5-. The highest BCUT2D eigenvalue weighted by Gasteiger charge is 2.30. The van der Waals surface area contributed by atoms with E-state index in [1.165, 1.54) is 20.8 Å². The molecule has 7 nitrogen and oxygen atoms in total. The van der Waals surface area contributed by atoms with Crippen LogP contribution in [0.25, 0.3) is 17.6 Å². The van der Waals surface area contributed by atoms with E-state index in [4.69, 9.17) is 0 Å². The van der Waals surface area contributed by atoms with Crippen molar-refractivity contribution in [2.24, 2.45) is 0 Å². The second-order valence-electron chi connectivity index (χ2n) is 6.06. The zero-order valence-corrected chi connectivity index (χ0v) is 14.6. The Balaban J connectivity index is 1.74. The van der Waals surface area contributed by atoms with Crippen molar-refractivity contribution in [3.8, 4) is 11.4 Å². The number of hydrazine groups is 1. The van der Waals surface area contributed by atoms with Crippen LogP contribution in [0.3, 0.4) is 0 Å². The van der Waals surface area contributed by atoms with Gasteiger partial charge >= 0.3 is 0 Å². The van der Waals surface area contributed by atoms with Crippen LogP contribution < -0.4 is 0 Å². The lowest BCUT2D eigenvalue weighted by Crippen LogP contribution is -2.42. The molecule has 2 aromatic rings. The third kappa shape index (κ3) is 3.60. The van der Waals surface area contributed by atoms with Crippen molar-refractivity contribution in [1.82, 2.24) is 24.8 Å². The molecule has 0 spiro atoms.